The zero-order chi connectivity index (χ0) is 17.2. The van der Waals surface area contributed by atoms with E-state index in [1.165, 1.54) is 7.11 Å². The summed E-state index contributed by atoms with van der Waals surface area (Å²) in [5.74, 6) is -0.627. The average molecular weight is 328 g/mol. The summed E-state index contributed by atoms with van der Waals surface area (Å²) in [6, 6.07) is 3.39. The molecule has 0 unspecified atom stereocenters. The predicted octanol–water partition coefficient (Wildman–Crippen LogP) is 1.78. The van der Waals surface area contributed by atoms with E-state index < -0.39 is 24.3 Å². The molecule has 6 nitrogen and oxygen atoms in total. The largest absolute Gasteiger partial charge is 0.496 e. The standard InChI is InChI=1S/C18H16O6/c1-7-4-5-9-13(17(7)22-3)16(21)14-12(15(9)20)8(2)23-10-6-11(19)24-18(10)14/h4-5,8,10,18H,6H2,1-3H3/t8-,10-,18+/m1/s1. The quantitative estimate of drug-likeness (QED) is 0.731. The van der Waals surface area contributed by atoms with Crippen molar-refractivity contribution in [2.24, 2.45) is 0 Å². The number of fused-ring (bicyclic) bond motifs is 3. The first-order valence-corrected chi connectivity index (χ1v) is 7.80. The molecular formula is C18H16O6. The fourth-order valence-corrected chi connectivity index (χ4v) is 3.81. The lowest BCUT2D eigenvalue weighted by molar-refractivity contribution is -0.140. The third-order valence-electron chi connectivity index (χ3n) is 4.84. The van der Waals surface area contributed by atoms with Crippen molar-refractivity contribution in [3.63, 3.8) is 0 Å². The smallest absolute Gasteiger partial charge is 0.309 e. The first-order chi connectivity index (χ1) is 11.4. The van der Waals surface area contributed by atoms with Crippen LogP contribution in [0.5, 0.6) is 5.75 Å². The summed E-state index contributed by atoms with van der Waals surface area (Å²) >= 11 is 0. The summed E-state index contributed by atoms with van der Waals surface area (Å²) in [7, 11) is 1.47. The molecule has 1 aromatic rings. The van der Waals surface area contributed by atoms with E-state index in [4.69, 9.17) is 14.2 Å². The second-order valence-corrected chi connectivity index (χ2v) is 6.26. The van der Waals surface area contributed by atoms with Crippen molar-refractivity contribution in [1.29, 1.82) is 0 Å². The second kappa shape index (κ2) is 5.01. The Morgan fingerprint density at radius 3 is 2.58 bits per heavy atom. The third kappa shape index (κ3) is 1.83. The molecule has 2 aliphatic heterocycles. The number of ketones is 2. The molecule has 1 aromatic carbocycles. The Morgan fingerprint density at radius 2 is 1.88 bits per heavy atom. The number of rotatable bonds is 1. The van der Waals surface area contributed by atoms with Crippen LogP contribution < -0.4 is 4.74 Å². The number of aryl methyl sites for hydroxylation is 1. The van der Waals surface area contributed by atoms with Crippen molar-refractivity contribution in [2.45, 2.75) is 38.6 Å². The van der Waals surface area contributed by atoms with Crippen molar-refractivity contribution >= 4 is 17.5 Å². The summed E-state index contributed by atoms with van der Waals surface area (Å²) in [5.41, 5.74) is 1.85. The molecule has 0 spiro atoms. The Balaban J connectivity index is 1.96. The monoisotopic (exact) mass is 328 g/mol. The minimum Gasteiger partial charge on any atom is -0.496 e. The van der Waals surface area contributed by atoms with E-state index in [0.717, 1.165) is 5.56 Å². The predicted molar refractivity (Wildman–Crippen MR) is 82.3 cm³/mol. The lowest BCUT2D eigenvalue weighted by Crippen LogP contribution is -2.44. The molecule has 4 rings (SSSR count). The zero-order valence-electron chi connectivity index (χ0n) is 13.5. The van der Waals surface area contributed by atoms with Crippen LogP contribution in [0, 0.1) is 6.92 Å². The molecule has 124 valence electrons. The highest BCUT2D eigenvalue weighted by molar-refractivity contribution is 6.29. The molecule has 6 heteroatoms. The molecule has 24 heavy (non-hydrogen) atoms. The molecule has 0 bridgehead atoms. The van der Waals surface area contributed by atoms with Gasteiger partial charge in [0, 0.05) is 11.1 Å². The molecule has 0 aromatic heterocycles. The molecular weight excluding hydrogens is 312 g/mol. The SMILES string of the molecule is COc1c(C)ccc2c1C(=O)C1=C(C2=O)[C@@H](C)O[C@@H]2CC(=O)O[C@H]12. The second-order valence-electron chi connectivity index (χ2n) is 6.26. The van der Waals surface area contributed by atoms with Gasteiger partial charge in [-0.25, -0.2) is 0 Å². The number of hydrogen-bond donors (Lipinski definition) is 0. The van der Waals surface area contributed by atoms with Gasteiger partial charge in [-0.05, 0) is 25.5 Å². The van der Waals surface area contributed by atoms with Crippen LogP contribution in [0.1, 0.15) is 39.6 Å². The molecule has 3 aliphatic rings. The Bertz CT molecular complexity index is 834. The maximum atomic E-state index is 13.2. The summed E-state index contributed by atoms with van der Waals surface area (Å²) < 4.78 is 16.4. The fraction of sp³-hybridized carbons (Fsp3) is 0.389. The van der Waals surface area contributed by atoms with E-state index in [1.807, 2.05) is 6.92 Å². The maximum absolute atomic E-state index is 13.2. The number of carbonyl (C=O) groups excluding carboxylic acids is 3. The van der Waals surface area contributed by atoms with Crippen molar-refractivity contribution in [3.8, 4) is 5.75 Å². The molecule has 0 amide bonds. The normalized spacial score (nSPS) is 28.3. The van der Waals surface area contributed by atoms with E-state index in [1.54, 1.807) is 19.1 Å². The van der Waals surface area contributed by atoms with Crippen molar-refractivity contribution < 1.29 is 28.6 Å². The van der Waals surface area contributed by atoms with Crippen LogP contribution >= 0.6 is 0 Å². The maximum Gasteiger partial charge on any atom is 0.309 e. The molecule has 0 radical (unpaired) electrons. The van der Waals surface area contributed by atoms with Gasteiger partial charge in [0.05, 0.1) is 30.8 Å². The van der Waals surface area contributed by atoms with Gasteiger partial charge in [0.2, 0.25) is 0 Å². The summed E-state index contributed by atoms with van der Waals surface area (Å²) in [6.07, 6.45) is -1.82. The van der Waals surface area contributed by atoms with E-state index in [9.17, 15) is 14.4 Å². The van der Waals surface area contributed by atoms with Gasteiger partial charge in [0.1, 0.15) is 11.9 Å². The Labute approximate surface area is 138 Å². The average Bonchev–Trinajstić information content (AvgIpc) is 2.90. The van der Waals surface area contributed by atoms with Crippen LogP contribution in [0.2, 0.25) is 0 Å². The summed E-state index contributed by atoms with van der Waals surface area (Å²) in [6.45, 7) is 3.53. The lowest BCUT2D eigenvalue weighted by atomic mass is 9.76. The molecule has 1 aliphatic carbocycles. The van der Waals surface area contributed by atoms with Crippen LogP contribution in [0.25, 0.3) is 0 Å². The third-order valence-corrected chi connectivity index (χ3v) is 4.84. The minimum absolute atomic E-state index is 0.0884. The van der Waals surface area contributed by atoms with Gasteiger partial charge >= 0.3 is 5.97 Å². The van der Waals surface area contributed by atoms with Gasteiger partial charge in [0.15, 0.2) is 17.7 Å². The highest BCUT2D eigenvalue weighted by Gasteiger charge is 2.51. The number of hydrogen-bond acceptors (Lipinski definition) is 6. The summed E-state index contributed by atoms with van der Waals surface area (Å²) in [4.78, 5) is 37.8. The van der Waals surface area contributed by atoms with Gasteiger partial charge in [-0.2, -0.15) is 0 Å². The van der Waals surface area contributed by atoms with Crippen molar-refractivity contribution in [3.05, 3.63) is 40.0 Å². The first-order valence-electron chi connectivity index (χ1n) is 7.80. The number of ether oxygens (including phenoxy) is 3. The van der Waals surface area contributed by atoms with Crippen LogP contribution in [-0.4, -0.2) is 43.0 Å². The number of carbonyl (C=O) groups is 3. The van der Waals surface area contributed by atoms with Crippen LogP contribution in [0.3, 0.4) is 0 Å². The van der Waals surface area contributed by atoms with Crippen molar-refractivity contribution in [2.75, 3.05) is 7.11 Å². The van der Waals surface area contributed by atoms with E-state index in [0.29, 0.717) is 11.3 Å². The highest BCUT2D eigenvalue weighted by atomic mass is 16.6. The number of Topliss-reactive ketones (excluding diaryl/α,β-unsaturated/α-hetero) is 2. The molecule has 3 atom stereocenters. The fourth-order valence-electron chi connectivity index (χ4n) is 3.81. The number of methoxy groups -OCH3 is 1. The molecule has 1 saturated heterocycles. The van der Waals surface area contributed by atoms with Crippen LogP contribution in [0.4, 0.5) is 0 Å². The van der Waals surface area contributed by atoms with Gasteiger partial charge < -0.3 is 14.2 Å². The topological polar surface area (TPSA) is 78.9 Å². The zero-order valence-corrected chi connectivity index (χ0v) is 13.5. The lowest BCUT2D eigenvalue weighted by Gasteiger charge is -2.35. The van der Waals surface area contributed by atoms with Gasteiger partial charge in [0.25, 0.3) is 0 Å². The Kier molecular flexibility index (Phi) is 3.15. The molecule has 0 N–H and O–H groups in total. The van der Waals surface area contributed by atoms with Gasteiger partial charge in [-0.3, -0.25) is 14.4 Å². The molecule has 0 saturated carbocycles. The minimum atomic E-state index is -0.821. The highest BCUT2D eigenvalue weighted by Crippen LogP contribution is 2.43. The number of esters is 1. The summed E-state index contributed by atoms with van der Waals surface area (Å²) in [5, 5.41) is 0. The van der Waals surface area contributed by atoms with E-state index in [-0.39, 0.29) is 34.7 Å². The Hall–Kier alpha value is -2.47. The number of benzene rings is 1. The van der Waals surface area contributed by atoms with Crippen LogP contribution in [-0.2, 0) is 14.3 Å². The first kappa shape index (κ1) is 15.1. The van der Waals surface area contributed by atoms with E-state index >= 15 is 0 Å². The van der Waals surface area contributed by atoms with Crippen molar-refractivity contribution in [1.82, 2.24) is 0 Å². The van der Waals surface area contributed by atoms with Crippen LogP contribution in [0.15, 0.2) is 23.3 Å². The van der Waals surface area contributed by atoms with E-state index in [2.05, 4.69) is 0 Å². The molecule has 1 fully saturated rings. The Morgan fingerprint density at radius 1 is 1.12 bits per heavy atom. The molecule has 2 heterocycles. The van der Waals surface area contributed by atoms with Gasteiger partial charge in [-0.1, -0.05) is 6.07 Å². The van der Waals surface area contributed by atoms with Gasteiger partial charge in [-0.15, -0.1) is 0 Å².